The molecule has 162 valence electrons. The molecule has 3 rings (SSSR count). The van der Waals surface area contributed by atoms with E-state index in [4.69, 9.17) is 10.5 Å². The van der Waals surface area contributed by atoms with Crippen LogP contribution in [0.1, 0.15) is 38.8 Å². The van der Waals surface area contributed by atoms with Crippen LogP contribution in [0.15, 0.2) is 42.5 Å². The van der Waals surface area contributed by atoms with Crippen molar-refractivity contribution < 1.29 is 13.9 Å². The predicted octanol–water partition coefficient (Wildman–Crippen LogP) is 4.39. The van der Waals surface area contributed by atoms with Crippen LogP contribution in [0.25, 0.3) is 11.1 Å². The van der Waals surface area contributed by atoms with Crippen molar-refractivity contribution in [2.24, 2.45) is 5.73 Å². The van der Waals surface area contributed by atoms with E-state index < -0.39 is 5.60 Å². The molecular formula is C24H32FN3O2. The van der Waals surface area contributed by atoms with Crippen molar-refractivity contribution >= 4 is 6.09 Å². The van der Waals surface area contributed by atoms with Crippen molar-refractivity contribution in [3.8, 4) is 11.1 Å². The van der Waals surface area contributed by atoms with Crippen LogP contribution in [0.4, 0.5) is 9.18 Å². The minimum absolute atomic E-state index is 0.0843. The zero-order valence-electron chi connectivity index (χ0n) is 18.3. The molecule has 1 amide bonds. The van der Waals surface area contributed by atoms with E-state index in [1.54, 1.807) is 6.07 Å². The van der Waals surface area contributed by atoms with Crippen LogP contribution in [0.3, 0.4) is 0 Å². The highest BCUT2D eigenvalue weighted by Crippen LogP contribution is 2.24. The van der Waals surface area contributed by atoms with Crippen molar-refractivity contribution in [3.05, 3.63) is 59.4 Å². The number of piperazine rings is 1. The van der Waals surface area contributed by atoms with E-state index in [-0.39, 0.29) is 24.5 Å². The Balaban J connectivity index is 1.66. The number of carbonyl (C=O) groups is 1. The van der Waals surface area contributed by atoms with Gasteiger partial charge in [-0.25, -0.2) is 9.18 Å². The zero-order chi connectivity index (χ0) is 21.9. The number of ether oxygens (including phenoxy) is 1. The Morgan fingerprint density at radius 2 is 1.90 bits per heavy atom. The molecule has 0 aliphatic carbocycles. The summed E-state index contributed by atoms with van der Waals surface area (Å²) >= 11 is 0. The van der Waals surface area contributed by atoms with Crippen LogP contribution in [-0.4, -0.2) is 47.2 Å². The highest BCUT2D eigenvalue weighted by Gasteiger charge is 2.30. The summed E-state index contributed by atoms with van der Waals surface area (Å²) in [4.78, 5) is 16.6. The fourth-order valence-electron chi connectivity index (χ4n) is 3.79. The second-order valence-electron chi connectivity index (χ2n) is 8.97. The lowest BCUT2D eigenvalue weighted by Crippen LogP contribution is -2.54. The van der Waals surface area contributed by atoms with E-state index in [1.807, 2.05) is 43.9 Å². The Hall–Kier alpha value is -2.44. The van der Waals surface area contributed by atoms with E-state index >= 15 is 0 Å². The van der Waals surface area contributed by atoms with E-state index in [1.165, 1.54) is 11.6 Å². The number of hydrogen-bond donors (Lipinski definition) is 1. The molecule has 5 nitrogen and oxygen atoms in total. The molecule has 0 unspecified atom stereocenters. The van der Waals surface area contributed by atoms with Crippen molar-refractivity contribution in [3.63, 3.8) is 0 Å². The summed E-state index contributed by atoms with van der Waals surface area (Å²) in [5.41, 5.74) is 8.87. The number of carbonyl (C=O) groups excluding carboxylic acids is 1. The van der Waals surface area contributed by atoms with Gasteiger partial charge < -0.3 is 15.4 Å². The summed E-state index contributed by atoms with van der Waals surface area (Å²) in [6.45, 7) is 10.9. The fourth-order valence-corrected chi connectivity index (χ4v) is 3.79. The molecule has 1 atom stereocenters. The van der Waals surface area contributed by atoms with E-state index in [2.05, 4.69) is 24.0 Å². The van der Waals surface area contributed by atoms with E-state index in [0.29, 0.717) is 12.1 Å². The van der Waals surface area contributed by atoms with Gasteiger partial charge in [-0.15, -0.1) is 0 Å². The Labute approximate surface area is 178 Å². The smallest absolute Gasteiger partial charge is 0.410 e. The first kappa shape index (κ1) is 22.2. The van der Waals surface area contributed by atoms with Gasteiger partial charge in [-0.1, -0.05) is 24.3 Å². The first-order valence-corrected chi connectivity index (χ1v) is 10.5. The maximum Gasteiger partial charge on any atom is 0.410 e. The van der Waals surface area contributed by atoms with Crippen LogP contribution in [-0.2, 0) is 17.8 Å². The van der Waals surface area contributed by atoms with Crippen LogP contribution in [0.2, 0.25) is 0 Å². The van der Waals surface area contributed by atoms with Gasteiger partial charge in [-0.3, -0.25) is 4.90 Å². The maximum atomic E-state index is 13.8. The molecule has 30 heavy (non-hydrogen) atoms. The number of amides is 1. The molecule has 1 fully saturated rings. The average molecular weight is 414 g/mol. The summed E-state index contributed by atoms with van der Waals surface area (Å²) in [5.74, 6) is -0.269. The van der Waals surface area contributed by atoms with Gasteiger partial charge >= 0.3 is 6.09 Å². The van der Waals surface area contributed by atoms with Crippen LogP contribution in [0.5, 0.6) is 0 Å². The third-order valence-corrected chi connectivity index (χ3v) is 5.27. The molecule has 0 radical (unpaired) electrons. The highest BCUT2D eigenvalue weighted by atomic mass is 19.1. The van der Waals surface area contributed by atoms with Gasteiger partial charge in [0, 0.05) is 44.3 Å². The molecule has 1 aliphatic rings. The molecule has 2 aromatic carbocycles. The van der Waals surface area contributed by atoms with Crippen molar-refractivity contribution in [1.29, 1.82) is 0 Å². The predicted molar refractivity (Wildman–Crippen MR) is 117 cm³/mol. The third kappa shape index (κ3) is 5.58. The number of halogens is 1. The fraction of sp³-hybridized carbons (Fsp3) is 0.458. The second kappa shape index (κ2) is 9.14. The van der Waals surface area contributed by atoms with Crippen LogP contribution in [0, 0.1) is 5.82 Å². The number of nitrogens with zero attached hydrogens (tertiary/aromatic N) is 2. The summed E-state index contributed by atoms with van der Waals surface area (Å²) in [5, 5.41) is 0. The third-order valence-electron chi connectivity index (χ3n) is 5.27. The molecule has 6 heteroatoms. The highest BCUT2D eigenvalue weighted by molar-refractivity contribution is 5.68. The van der Waals surface area contributed by atoms with Gasteiger partial charge in [-0.2, -0.15) is 0 Å². The summed E-state index contributed by atoms with van der Waals surface area (Å²) in [6, 6.07) is 13.4. The van der Waals surface area contributed by atoms with Crippen molar-refractivity contribution in [1.82, 2.24) is 9.80 Å². The quantitative estimate of drug-likeness (QED) is 0.808. The minimum atomic E-state index is -0.488. The molecule has 1 saturated heterocycles. The van der Waals surface area contributed by atoms with Gasteiger partial charge in [0.05, 0.1) is 0 Å². The van der Waals surface area contributed by atoms with Crippen molar-refractivity contribution in [2.75, 3.05) is 19.6 Å². The van der Waals surface area contributed by atoms with Crippen molar-refractivity contribution in [2.45, 2.75) is 52.4 Å². The summed E-state index contributed by atoms with van der Waals surface area (Å²) in [7, 11) is 0. The first-order valence-electron chi connectivity index (χ1n) is 10.5. The number of hydrogen-bond acceptors (Lipinski definition) is 4. The van der Waals surface area contributed by atoms with Crippen LogP contribution < -0.4 is 5.73 Å². The van der Waals surface area contributed by atoms with Gasteiger partial charge in [0.1, 0.15) is 11.4 Å². The van der Waals surface area contributed by atoms with Gasteiger partial charge in [0.2, 0.25) is 0 Å². The van der Waals surface area contributed by atoms with E-state index in [9.17, 15) is 9.18 Å². The topological polar surface area (TPSA) is 58.8 Å². The molecule has 0 spiro atoms. The molecule has 1 aliphatic heterocycles. The maximum absolute atomic E-state index is 13.8. The minimum Gasteiger partial charge on any atom is -0.444 e. The molecule has 0 saturated carbocycles. The molecule has 0 aromatic heterocycles. The molecular weight excluding hydrogens is 381 g/mol. The zero-order valence-corrected chi connectivity index (χ0v) is 18.3. The monoisotopic (exact) mass is 413 g/mol. The van der Waals surface area contributed by atoms with E-state index in [0.717, 1.165) is 30.8 Å². The summed E-state index contributed by atoms with van der Waals surface area (Å²) in [6.07, 6.45) is -0.247. The van der Waals surface area contributed by atoms with Crippen LogP contribution >= 0.6 is 0 Å². The Morgan fingerprint density at radius 3 is 2.57 bits per heavy atom. The number of benzene rings is 2. The molecule has 2 N–H and O–H groups in total. The Morgan fingerprint density at radius 1 is 1.17 bits per heavy atom. The van der Waals surface area contributed by atoms with Gasteiger partial charge in [0.25, 0.3) is 0 Å². The first-order chi connectivity index (χ1) is 14.2. The van der Waals surface area contributed by atoms with Gasteiger partial charge in [-0.05, 0) is 62.6 Å². The average Bonchev–Trinajstić information content (AvgIpc) is 2.67. The lowest BCUT2D eigenvalue weighted by Gasteiger charge is -2.40. The standard InChI is InChI=1S/C24H32FN3O2/c1-17-15-27(10-11-28(17)23(29)30-24(2,3)4)16-18-6-5-7-19(12-18)20-8-9-22(25)21(13-20)14-26/h5-9,12-13,17H,10-11,14-16,26H2,1-4H3/t17-/m0/s1. The summed E-state index contributed by atoms with van der Waals surface area (Å²) < 4.78 is 19.3. The molecule has 2 aromatic rings. The molecule has 0 bridgehead atoms. The lowest BCUT2D eigenvalue weighted by atomic mass is 10.0. The SMILES string of the molecule is C[C@H]1CN(Cc2cccc(-c3ccc(F)c(CN)c3)c2)CCN1C(=O)OC(C)(C)C. The lowest BCUT2D eigenvalue weighted by molar-refractivity contribution is 0.000563. The largest absolute Gasteiger partial charge is 0.444 e. The number of rotatable bonds is 4. The normalized spacial score (nSPS) is 17.8. The Kier molecular flexibility index (Phi) is 6.78. The Bertz CT molecular complexity index is 894. The second-order valence-corrected chi connectivity index (χ2v) is 8.97. The molecule has 1 heterocycles. The van der Waals surface area contributed by atoms with Gasteiger partial charge in [0.15, 0.2) is 0 Å². The number of nitrogens with two attached hydrogens (primary N) is 1.